The van der Waals surface area contributed by atoms with Crippen molar-refractivity contribution in [3.63, 3.8) is 0 Å². The highest BCUT2D eigenvalue weighted by Gasteiger charge is 2.23. The molecule has 2 atom stereocenters. The summed E-state index contributed by atoms with van der Waals surface area (Å²) < 4.78 is 5.76. The van der Waals surface area contributed by atoms with Crippen molar-refractivity contribution in [3.05, 3.63) is 28.8 Å². The van der Waals surface area contributed by atoms with E-state index in [9.17, 15) is 0 Å². The molecule has 0 radical (unpaired) electrons. The average Bonchev–Trinajstić information content (AvgIpc) is 2.27. The van der Waals surface area contributed by atoms with Gasteiger partial charge in [-0.05, 0) is 31.5 Å². The van der Waals surface area contributed by atoms with Crippen molar-refractivity contribution in [1.82, 2.24) is 0 Å². The first-order valence-electron chi connectivity index (χ1n) is 5.85. The van der Waals surface area contributed by atoms with Crippen molar-refractivity contribution >= 4 is 33.2 Å². The first kappa shape index (κ1) is 13.2. The van der Waals surface area contributed by atoms with Crippen LogP contribution in [0.1, 0.15) is 19.4 Å². The van der Waals surface area contributed by atoms with E-state index in [0.29, 0.717) is 0 Å². The summed E-state index contributed by atoms with van der Waals surface area (Å²) in [4.78, 5) is 2.36. The maximum atomic E-state index is 6.09. The quantitative estimate of drug-likeness (QED) is 0.768. The zero-order valence-corrected chi connectivity index (χ0v) is 12.5. The normalized spacial score (nSPS) is 25.1. The van der Waals surface area contributed by atoms with Crippen molar-refractivity contribution in [2.45, 2.75) is 31.4 Å². The van der Waals surface area contributed by atoms with Gasteiger partial charge in [0.25, 0.3) is 0 Å². The Morgan fingerprint density at radius 1 is 1.35 bits per heavy atom. The Labute approximate surface area is 116 Å². The molecule has 0 saturated carbocycles. The van der Waals surface area contributed by atoms with E-state index in [1.165, 1.54) is 11.3 Å². The number of hydrogen-bond donors (Lipinski definition) is 0. The standard InChI is InChI=1S/C13H17BrClNO/c1-9-7-16(8-10(2)17-9)13-5-12(15)4-3-11(13)6-14/h3-5,9-10H,6-8H2,1-2H3/t9-,10+. The molecule has 1 fully saturated rings. The lowest BCUT2D eigenvalue weighted by molar-refractivity contribution is -0.00524. The fraction of sp³-hybridized carbons (Fsp3) is 0.538. The summed E-state index contributed by atoms with van der Waals surface area (Å²) in [6.45, 7) is 6.07. The second kappa shape index (κ2) is 5.59. The topological polar surface area (TPSA) is 12.5 Å². The molecule has 1 aliphatic heterocycles. The second-order valence-electron chi connectivity index (χ2n) is 4.57. The lowest BCUT2D eigenvalue weighted by atomic mass is 10.1. The Hall–Kier alpha value is -0.250. The van der Waals surface area contributed by atoms with Crippen LogP contribution in [0.3, 0.4) is 0 Å². The molecule has 0 amide bonds. The molecule has 1 aromatic carbocycles. The van der Waals surface area contributed by atoms with Gasteiger partial charge in [-0.2, -0.15) is 0 Å². The van der Waals surface area contributed by atoms with Crippen molar-refractivity contribution < 1.29 is 4.74 Å². The summed E-state index contributed by atoms with van der Waals surface area (Å²) in [5, 5.41) is 1.64. The highest BCUT2D eigenvalue weighted by Crippen LogP contribution is 2.29. The number of rotatable bonds is 2. The van der Waals surface area contributed by atoms with Crippen LogP contribution in [0.25, 0.3) is 0 Å². The predicted octanol–water partition coefficient (Wildman–Crippen LogP) is 3.85. The summed E-state index contributed by atoms with van der Waals surface area (Å²) in [5.41, 5.74) is 2.49. The SMILES string of the molecule is C[C@@H]1CN(c2cc(Cl)ccc2CBr)C[C@H](C)O1. The fourth-order valence-electron chi connectivity index (χ4n) is 2.32. The van der Waals surface area contributed by atoms with Crippen LogP contribution in [0, 0.1) is 0 Å². The van der Waals surface area contributed by atoms with Crippen LogP contribution in [0.4, 0.5) is 5.69 Å². The smallest absolute Gasteiger partial charge is 0.0726 e. The first-order chi connectivity index (χ1) is 8.10. The number of hydrogen-bond acceptors (Lipinski definition) is 2. The minimum atomic E-state index is 0.265. The van der Waals surface area contributed by atoms with Gasteiger partial charge in [0.05, 0.1) is 12.2 Å². The molecule has 17 heavy (non-hydrogen) atoms. The van der Waals surface area contributed by atoms with E-state index < -0.39 is 0 Å². The molecule has 0 bridgehead atoms. The maximum Gasteiger partial charge on any atom is 0.0726 e. The zero-order valence-electron chi connectivity index (χ0n) is 10.1. The van der Waals surface area contributed by atoms with E-state index in [1.54, 1.807) is 0 Å². The summed E-state index contributed by atoms with van der Waals surface area (Å²) >= 11 is 9.62. The Morgan fingerprint density at radius 3 is 2.59 bits per heavy atom. The molecule has 1 heterocycles. The van der Waals surface area contributed by atoms with Crippen LogP contribution in [0.15, 0.2) is 18.2 Å². The molecule has 2 rings (SSSR count). The molecule has 1 saturated heterocycles. The molecule has 1 aliphatic rings. The maximum absolute atomic E-state index is 6.09. The van der Waals surface area contributed by atoms with E-state index in [2.05, 4.69) is 40.7 Å². The number of halogens is 2. The van der Waals surface area contributed by atoms with Gasteiger partial charge in [0.2, 0.25) is 0 Å². The number of benzene rings is 1. The number of ether oxygens (including phenoxy) is 1. The Morgan fingerprint density at radius 2 is 2.00 bits per heavy atom. The van der Waals surface area contributed by atoms with E-state index >= 15 is 0 Å². The minimum absolute atomic E-state index is 0.265. The minimum Gasteiger partial charge on any atom is -0.372 e. The molecule has 0 N–H and O–H groups in total. The third-order valence-corrected chi connectivity index (χ3v) is 3.79. The van der Waals surface area contributed by atoms with Crippen molar-refractivity contribution in [2.24, 2.45) is 0 Å². The van der Waals surface area contributed by atoms with E-state index in [0.717, 1.165) is 23.4 Å². The van der Waals surface area contributed by atoms with Gasteiger partial charge in [0.15, 0.2) is 0 Å². The van der Waals surface area contributed by atoms with Gasteiger partial charge < -0.3 is 9.64 Å². The van der Waals surface area contributed by atoms with Crippen LogP contribution in [-0.4, -0.2) is 25.3 Å². The Bertz CT molecular complexity index is 389. The van der Waals surface area contributed by atoms with Gasteiger partial charge in [-0.15, -0.1) is 0 Å². The largest absolute Gasteiger partial charge is 0.372 e. The second-order valence-corrected chi connectivity index (χ2v) is 5.57. The first-order valence-corrected chi connectivity index (χ1v) is 7.35. The van der Waals surface area contributed by atoms with Crippen molar-refractivity contribution in [1.29, 1.82) is 0 Å². The molecule has 0 aromatic heterocycles. The predicted molar refractivity (Wildman–Crippen MR) is 76.3 cm³/mol. The van der Waals surface area contributed by atoms with Crippen LogP contribution >= 0.6 is 27.5 Å². The van der Waals surface area contributed by atoms with E-state index in [-0.39, 0.29) is 12.2 Å². The number of nitrogens with zero attached hydrogens (tertiary/aromatic N) is 1. The van der Waals surface area contributed by atoms with Crippen LogP contribution < -0.4 is 4.90 Å². The molecule has 1 aromatic rings. The zero-order chi connectivity index (χ0) is 12.4. The summed E-state index contributed by atoms with van der Waals surface area (Å²) in [5.74, 6) is 0. The summed E-state index contributed by atoms with van der Waals surface area (Å²) in [6, 6.07) is 6.06. The molecule has 2 nitrogen and oxygen atoms in total. The van der Waals surface area contributed by atoms with Gasteiger partial charge in [0, 0.05) is 29.1 Å². The molecule has 4 heteroatoms. The van der Waals surface area contributed by atoms with Crippen molar-refractivity contribution in [2.75, 3.05) is 18.0 Å². The summed E-state index contributed by atoms with van der Waals surface area (Å²) in [7, 11) is 0. The van der Waals surface area contributed by atoms with E-state index in [4.69, 9.17) is 16.3 Å². The van der Waals surface area contributed by atoms with Gasteiger partial charge in [-0.1, -0.05) is 33.6 Å². The van der Waals surface area contributed by atoms with Crippen LogP contribution in [0.2, 0.25) is 5.02 Å². The van der Waals surface area contributed by atoms with E-state index in [1.807, 2.05) is 12.1 Å². The highest BCUT2D eigenvalue weighted by atomic mass is 79.9. The molecular formula is C13H17BrClNO. The number of alkyl halides is 1. The highest BCUT2D eigenvalue weighted by molar-refractivity contribution is 9.08. The third kappa shape index (κ3) is 3.15. The van der Waals surface area contributed by atoms with Gasteiger partial charge in [-0.25, -0.2) is 0 Å². The third-order valence-electron chi connectivity index (χ3n) is 2.95. The molecule has 0 unspecified atom stereocenters. The lowest BCUT2D eigenvalue weighted by Gasteiger charge is -2.37. The van der Waals surface area contributed by atoms with Crippen LogP contribution in [0.5, 0.6) is 0 Å². The summed E-state index contributed by atoms with van der Waals surface area (Å²) in [6.07, 6.45) is 0.529. The van der Waals surface area contributed by atoms with Crippen molar-refractivity contribution in [3.8, 4) is 0 Å². The Kier molecular flexibility index (Phi) is 4.34. The van der Waals surface area contributed by atoms with Gasteiger partial charge in [0.1, 0.15) is 0 Å². The lowest BCUT2D eigenvalue weighted by Crippen LogP contribution is -2.45. The monoisotopic (exact) mass is 317 g/mol. The molecule has 0 spiro atoms. The fourth-order valence-corrected chi connectivity index (χ4v) is 2.96. The van der Waals surface area contributed by atoms with Gasteiger partial charge in [-0.3, -0.25) is 0 Å². The number of morpholine rings is 1. The molecule has 94 valence electrons. The molecule has 0 aliphatic carbocycles. The number of anilines is 1. The van der Waals surface area contributed by atoms with Crippen LogP contribution in [-0.2, 0) is 10.1 Å². The average molecular weight is 319 g/mol. The Balaban J connectivity index is 2.28. The van der Waals surface area contributed by atoms with Gasteiger partial charge >= 0.3 is 0 Å². The molecular weight excluding hydrogens is 302 g/mol.